The number of aromatic nitrogens is 1. The zero-order chi connectivity index (χ0) is 12.4. The van der Waals surface area contributed by atoms with Crippen LogP contribution in [0.3, 0.4) is 0 Å². The Hall–Kier alpha value is -0.900. The number of nitrogens with one attached hydrogen (secondary N) is 1. The summed E-state index contributed by atoms with van der Waals surface area (Å²) in [6.45, 7) is 1.99. The van der Waals surface area contributed by atoms with Crippen molar-refractivity contribution < 1.29 is 0 Å². The van der Waals surface area contributed by atoms with E-state index in [0.717, 1.165) is 40.3 Å². The fraction of sp³-hybridized carbons (Fsp3) is 0.357. The van der Waals surface area contributed by atoms with Crippen LogP contribution in [0.25, 0.3) is 11.3 Å². The summed E-state index contributed by atoms with van der Waals surface area (Å²) in [6, 6.07) is 7.85. The minimum atomic E-state index is 0.764. The molecule has 0 radical (unpaired) electrons. The van der Waals surface area contributed by atoms with Crippen LogP contribution in [-0.2, 0) is 6.54 Å². The number of nitrogens with zero attached hydrogens (tertiary/aromatic N) is 1. The molecule has 2 aromatic rings. The third-order valence-corrected chi connectivity index (χ3v) is 4.29. The fourth-order valence-electron chi connectivity index (χ4n) is 1.89. The van der Waals surface area contributed by atoms with E-state index in [-0.39, 0.29) is 0 Å². The first kappa shape index (κ1) is 12.2. The van der Waals surface area contributed by atoms with Crippen LogP contribution in [0.4, 0.5) is 0 Å². The molecule has 1 N–H and O–H groups in total. The summed E-state index contributed by atoms with van der Waals surface area (Å²) >= 11 is 7.86. The quantitative estimate of drug-likeness (QED) is 0.895. The van der Waals surface area contributed by atoms with Gasteiger partial charge in [-0.2, -0.15) is 0 Å². The minimum Gasteiger partial charge on any atom is -0.310 e. The Kier molecular flexibility index (Phi) is 3.64. The molecule has 2 nitrogen and oxygen atoms in total. The summed E-state index contributed by atoms with van der Waals surface area (Å²) in [5, 5.41) is 7.43. The number of hydrogen-bond donors (Lipinski definition) is 1. The van der Waals surface area contributed by atoms with Gasteiger partial charge in [0.1, 0.15) is 5.01 Å². The Bertz CT molecular complexity index is 534. The maximum atomic E-state index is 6.17. The predicted molar refractivity (Wildman–Crippen MR) is 77.0 cm³/mol. The van der Waals surface area contributed by atoms with Crippen molar-refractivity contribution in [3.8, 4) is 11.3 Å². The van der Waals surface area contributed by atoms with Gasteiger partial charge in [0.15, 0.2) is 0 Å². The molecule has 0 saturated heterocycles. The Morgan fingerprint density at radius 1 is 1.33 bits per heavy atom. The zero-order valence-electron chi connectivity index (χ0n) is 10.0. The largest absolute Gasteiger partial charge is 0.310 e. The first-order chi connectivity index (χ1) is 8.83. The molecule has 3 rings (SSSR count). The lowest BCUT2D eigenvalue weighted by molar-refractivity contribution is 0.637. The molecule has 1 aromatic heterocycles. The molecular formula is C14H15ClN2S. The van der Waals surface area contributed by atoms with Gasteiger partial charge in [-0.3, -0.25) is 0 Å². The van der Waals surface area contributed by atoms with Crippen LogP contribution in [0, 0.1) is 5.92 Å². The van der Waals surface area contributed by atoms with Crippen molar-refractivity contribution in [1.82, 2.24) is 10.3 Å². The van der Waals surface area contributed by atoms with Crippen molar-refractivity contribution in [2.75, 3.05) is 6.54 Å². The molecule has 1 aliphatic carbocycles. The summed E-state index contributed by atoms with van der Waals surface area (Å²) in [5.41, 5.74) is 2.00. The lowest BCUT2D eigenvalue weighted by atomic mass is 10.2. The van der Waals surface area contributed by atoms with Crippen LogP contribution in [0.15, 0.2) is 29.6 Å². The number of benzene rings is 1. The molecule has 18 heavy (non-hydrogen) atoms. The van der Waals surface area contributed by atoms with Crippen molar-refractivity contribution in [2.45, 2.75) is 19.4 Å². The maximum Gasteiger partial charge on any atom is 0.107 e. The van der Waals surface area contributed by atoms with Crippen LogP contribution in [0.2, 0.25) is 5.02 Å². The van der Waals surface area contributed by atoms with Gasteiger partial charge in [-0.15, -0.1) is 11.3 Å². The molecule has 0 atom stereocenters. The van der Waals surface area contributed by atoms with Crippen LogP contribution in [0.5, 0.6) is 0 Å². The monoisotopic (exact) mass is 278 g/mol. The van der Waals surface area contributed by atoms with Crippen LogP contribution in [0.1, 0.15) is 17.8 Å². The first-order valence-electron chi connectivity index (χ1n) is 6.23. The molecule has 4 heteroatoms. The van der Waals surface area contributed by atoms with Gasteiger partial charge >= 0.3 is 0 Å². The minimum absolute atomic E-state index is 0.764. The van der Waals surface area contributed by atoms with Crippen LogP contribution < -0.4 is 5.32 Å². The van der Waals surface area contributed by atoms with Gasteiger partial charge in [-0.05, 0) is 31.4 Å². The third-order valence-electron chi connectivity index (χ3n) is 3.11. The van der Waals surface area contributed by atoms with Gasteiger partial charge in [-0.1, -0.05) is 29.8 Å². The van der Waals surface area contributed by atoms with E-state index in [1.807, 2.05) is 24.3 Å². The Labute approximate surface area is 116 Å². The van der Waals surface area contributed by atoms with Crippen molar-refractivity contribution >= 4 is 22.9 Å². The van der Waals surface area contributed by atoms with E-state index in [1.165, 1.54) is 12.8 Å². The van der Waals surface area contributed by atoms with E-state index >= 15 is 0 Å². The molecule has 0 amide bonds. The van der Waals surface area contributed by atoms with Crippen molar-refractivity contribution in [2.24, 2.45) is 5.92 Å². The molecule has 0 aliphatic heterocycles. The van der Waals surface area contributed by atoms with Gasteiger partial charge in [0.25, 0.3) is 0 Å². The summed E-state index contributed by atoms with van der Waals surface area (Å²) in [4.78, 5) is 4.63. The summed E-state index contributed by atoms with van der Waals surface area (Å²) in [6.07, 6.45) is 2.77. The standard InChI is InChI=1S/C14H15ClN2S/c15-12-4-2-1-3-11(12)13-9-18-14(17-13)8-16-7-10-5-6-10/h1-4,9-10,16H,5-8H2. The molecule has 0 unspecified atom stereocenters. The van der Waals surface area contributed by atoms with Gasteiger partial charge < -0.3 is 5.32 Å². The second-order valence-corrected chi connectivity index (χ2v) is 6.03. The van der Waals surface area contributed by atoms with Crippen molar-refractivity contribution in [1.29, 1.82) is 0 Å². The summed E-state index contributed by atoms with van der Waals surface area (Å²) in [7, 11) is 0. The van der Waals surface area contributed by atoms with Gasteiger partial charge in [0.05, 0.1) is 5.69 Å². The Morgan fingerprint density at radius 2 is 2.17 bits per heavy atom. The van der Waals surface area contributed by atoms with Crippen molar-refractivity contribution in [3.63, 3.8) is 0 Å². The van der Waals surface area contributed by atoms with Crippen LogP contribution in [-0.4, -0.2) is 11.5 Å². The van der Waals surface area contributed by atoms with Gasteiger partial charge in [0, 0.05) is 22.5 Å². The SMILES string of the molecule is Clc1ccccc1-c1csc(CNCC2CC2)n1. The Morgan fingerprint density at radius 3 is 2.94 bits per heavy atom. The molecule has 1 fully saturated rings. The molecule has 1 saturated carbocycles. The molecule has 1 heterocycles. The second kappa shape index (κ2) is 5.39. The van der Waals surface area contributed by atoms with Gasteiger partial charge in [-0.25, -0.2) is 4.98 Å². The molecule has 0 bridgehead atoms. The number of hydrogen-bond acceptors (Lipinski definition) is 3. The van der Waals surface area contributed by atoms with Gasteiger partial charge in [0.2, 0.25) is 0 Å². The second-order valence-electron chi connectivity index (χ2n) is 4.68. The predicted octanol–water partition coefficient (Wildman–Crippen LogP) is 3.96. The van der Waals surface area contributed by atoms with E-state index in [1.54, 1.807) is 11.3 Å². The molecule has 1 aromatic carbocycles. The third kappa shape index (κ3) is 2.91. The van der Waals surface area contributed by atoms with Crippen LogP contribution >= 0.6 is 22.9 Å². The van der Waals surface area contributed by atoms with E-state index in [0.29, 0.717) is 0 Å². The first-order valence-corrected chi connectivity index (χ1v) is 7.49. The topological polar surface area (TPSA) is 24.9 Å². The fourth-order valence-corrected chi connectivity index (χ4v) is 2.89. The zero-order valence-corrected chi connectivity index (χ0v) is 11.6. The lowest BCUT2D eigenvalue weighted by Gasteiger charge is -2.00. The van der Waals surface area contributed by atoms with E-state index < -0.39 is 0 Å². The Balaban J connectivity index is 1.66. The summed E-state index contributed by atoms with van der Waals surface area (Å²) in [5.74, 6) is 0.910. The molecular weight excluding hydrogens is 264 g/mol. The lowest BCUT2D eigenvalue weighted by Crippen LogP contribution is -2.15. The summed E-state index contributed by atoms with van der Waals surface area (Å²) < 4.78 is 0. The number of rotatable bonds is 5. The highest BCUT2D eigenvalue weighted by molar-refractivity contribution is 7.09. The smallest absolute Gasteiger partial charge is 0.107 e. The highest BCUT2D eigenvalue weighted by atomic mass is 35.5. The highest BCUT2D eigenvalue weighted by Gasteiger charge is 2.20. The van der Waals surface area contributed by atoms with E-state index in [2.05, 4.69) is 15.7 Å². The van der Waals surface area contributed by atoms with E-state index in [9.17, 15) is 0 Å². The normalized spacial score (nSPS) is 14.9. The maximum absolute atomic E-state index is 6.17. The number of thiazole rings is 1. The number of halogens is 1. The molecule has 94 valence electrons. The average molecular weight is 279 g/mol. The average Bonchev–Trinajstić information content (AvgIpc) is 3.08. The van der Waals surface area contributed by atoms with Crippen molar-refractivity contribution in [3.05, 3.63) is 39.7 Å². The molecule has 1 aliphatic rings. The highest BCUT2D eigenvalue weighted by Crippen LogP contribution is 2.29. The van der Waals surface area contributed by atoms with E-state index in [4.69, 9.17) is 11.6 Å². The molecule has 0 spiro atoms.